The van der Waals surface area contributed by atoms with Gasteiger partial charge in [-0.1, -0.05) is 18.2 Å². The predicted octanol–water partition coefficient (Wildman–Crippen LogP) is 3.76. The number of halogens is 3. The van der Waals surface area contributed by atoms with Gasteiger partial charge in [0.1, 0.15) is 6.04 Å². The molecule has 0 spiro atoms. The summed E-state index contributed by atoms with van der Waals surface area (Å²) >= 11 is 1.25. The third-order valence-electron chi connectivity index (χ3n) is 3.56. The van der Waals surface area contributed by atoms with Crippen molar-refractivity contribution in [3.63, 3.8) is 0 Å². The molecule has 1 aromatic heterocycles. The lowest BCUT2D eigenvalue weighted by atomic mass is 10.0. The van der Waals surface area contributed by atoms with Crippen molar-refractivity contribution in [3.05, 3.63) is 57.8 Å². The largest absolute Gasteiger partial charge is 0.416 e. The molecule has 0 bridgehead atoms. The maximum absolute atomic E-state index is 12.8. The van der Waals surface area contributed by atoms with Gasteiger partial charge in [-0.2, -0.15) is 13.2 Å². The number of hydrogen-bond donors (Lipinski definition) is 2. The normalized spacial score (nSPS) is 13.8. The second-order valence-corrected chi connectivity index (χ2v) is 6.47. The molecule has 0 radical (unpaired) electrons. The van der Waals surface area contributed by atoms with Crippen molar-refractivity contribution >= 4 is 23.2 Å². The first kappa shape index (κ1) is 19.0. The number of carbonyl (C=O) groups excluding carboxylic acids is 2. The summed E-state index contributed by atoms with van der Waals surface area (Å²) in [5, 5.41) is 6.91. The Morgan fingerprint density at radius 1 is 1.08 bits per heavy atom. The van der Waals surface area contributed by atoms with Crippen LogP contribution in [0, 0.1) is 0 Å². The first-order chi connectivity index (χ1) is 11.7. The molecular formula is C17H17F3N2O2S. The summed E-state index contributed by atoms with van der Waals surface area (Å²) < 4.78 is 38.3. The zero-order valence-electron chi connectivity index (χ0n) is 13.6. The Labute approximate surface area is 147 Å². The van der Waals surface area contributed by atoms with Crippen LogP contribution in [0.2, 0.25) is 0 Å². The molecule has 2 rings (SSSR count). The molecule has 0 aliphatic carbocycles. The molecule has 0 aliphatic rings. The lowest BCUT2D eigenvalue weighted by Gasteiger charge is -2.19. The molecule has 2 N–H and O–H groups in total. The van der Waals surface area contributed by atoms with E-state index in [1.165, 1.54) is 30.4 Å². The topological polar surface area (TPSA) is 58.2 Å². The summed E-state index contributed by atoms with van der Waals surface area (Å²) in [5.74, 6) is -0.848. The van der Waals surface area contributed by atoms with Crippen molar-refractivity contribution in [3.8, 4) is 0 Å². The Bertz CT molecular complexity index is 745. The average molecular weight is 370 g/mol. The van der Waals surface area contributed by atoms with Crippen molar-refractivity contribution in [2.24, 2.45) is 0 Å². The minimum atomic E-state index is -4.44. The van der Waals surface area contributed by atoms with E-state index in [1.54, 1.807) is 24.4 Å². The number of rotatable bonds is 5. The fraction of sp³-hybridized carbons (Fsp3) is 0.294. The number of thiophene rings is 1. The highest BCUT2D eigenvalue weighted by Gasteiger charge is 2.31. The number of alkyl halides is 3. The van der Waals surface area contributed by atoms with E-state index < -0.39 is 29.7 Å². The van der Waals surface area contributed by atoms with Crippen LogP contribution >= 0.6 is 11.3 Å². The number of benzene rings is 1. The van der Waals surface area contributed by atoms with Crippen LogP contribution in [0.15, 0.2) is 41.8 Å². The van der Waals surface area contributed by atoms with Crippen LogP contribution in [0.4, 0.5) is 13.2 Å². The van der Waals surface area contributed by atoms with E-state index in [0.717, 1.165) is 12.1 Å². The van der Waals surface area contributed by atoms with Crippen LogP contribution in [-0.4, -0.2) is 17.9 Å². The summed E-state index contributed by atoms with van der Waals surface area (Å²) in [5.41, 5.74) is -0.440. The maximum Gasteiger partial charge on any atom is 0.416 e. The van der Waals surface area contributed by atoms with Crippen molar-refractivity contribution in [2.45, 2.75) is 32.1 Å². The quantitative estimate of drug-likeness (QED) is 0.842. The van der Waals surface area contributed by atoms with E-state index in [1.807, 2.05) is 0 Å². The Hall–Kier alpha value is -2.35. The molecule has 25 heavy (non-hydrogen) atoms. The highest BCUT2D eigenvalue weighted by atomic mass is 32.1. The molecule has 2 aromatic rings. The van der Waals surface area contributed by atoms with E-state index in [9.17, 15) is 22.8 Å². The third kappa shape index (κ3) is 5.06. The van der Waals surface area contributed by atoms with E-state index >= 15 is 0 Å². The van der Waals surface area contributed by atoms with Gasteiger partial charge in [0.05, 0.1) is 16.5 Å². The maximum atomic E-state index is 12.8. The van der Waals surface area contributed by atoms with Gasteiger partial charge in [-0.3, -0.25) is 9.59 Å². The summed E-state index contributed by atoms with van der Waals surface area (Å²) in [4.78, 5) is 24.6. The second kappa shape index (κ2) is 7.69. The molecule has 2 amide bonds. The molecule has 8 heteroatoms. The van der Waals surface area contributed by atoms with Gasteiger partial charge in [0.15, 0.2) is 0 Å². The van der Waals surface area contributed by atoms with E-state index in [0.29, 0.717) is 10.4 Å². The monoisotopic (exact) mass is 370 g/mol. The second-order valence-electron chi connectivity index (χ2n) is 5.53. The molecule has 0 fully saturated rings. The van der Waals surface area contributed by atoms with Gasteiger partial charge >= 0.3 is 6.18 Å². The highest BCUT2D eigenvalue weighted by Crippen LogP contribution is 2.30. The number of carbonyl (C=O) groups is 2. The molecule has 134 valence electrons. The van der Waals surface area contributed by atoms with E-state index in [4.69, 9.17) is 0 Å². The number of hydrogen-bond acceptors (Lipinski definition) is 3. The van der Waals surface area contributed by atoms with Crippen LogP contribution in [0.5, 0.6) is 0 Å². The van der Waals surface area contributed by atoms with Crippen molar-refractivity contribution in [2.75, 3.05) is 0 Å². The SMILES string of the molecule is CC(NC(=O)c1cccs1)C(=O)NC(C)c1cccc(C(F)(F)F)c1. The zero-order valence-corrected chi connectivity index (χ0v) is 14.4. The van der Waals surface area contributed by atoms with Crippen LogP contribution in [0.25, 0.3) is 0 Å². The molecule has 1 heterocycles. The smallest absolute Gasteiger partial charge is 0.348 e. The van der Waals surface area contributed by atoms with E-state index in [-0.39, 0.29) is 5.91 Å². The van der Waals surface area contributed by atoms with Crippen molar-refractivity contribution in [1.29, 1.82) is 0 Å². The number of nitrogens with one attached hydrogen (secondary N) is 2. The van der Waals surface area contributed by atoms with Crippen LogP contribution in [0.3, 0.4) is 0 Å². The first-order valence-electron chi connectivity index (χ1n) is 7.50. The molecule has 1 aromatic carbocycles. The van der Waals surface area contributed by atoms with Gasteiger partial charge in [0.2, 0.25) is 5.91 Å². The number of amides is 2. The minimum absolute atomic E-state index is 0.333. The lowest BCUT2D eigenvalue weighted by Crippen LogP contribution is -2.45. The van der Waals surface area contributed by atoms with Crippen molar-refractivity contribution < 1.29 is 22.8 Å². The minimum Gasteiger partial charge on any atom is -0.348 e. The van der Waals surface area contributed by atoms with Gasteiger partial charge in [-0.25, -0.2) is 0 Å². The standard InChI is InChI=1S/C17H17F3N2O2S/c1-10(12-5-3-6-13(9-12)17(18,19)20)21-15(23)11(2)22-16(24)14-7-4-8-25-14/h3-11H,1-2H3,(H,21,23)(H,22,24). The zero-order chi connectivity index (χ0) is 18.6. The lowest BCUT2D eigenvalue weighted by molar-refractivity contribution is -0.137. The fourth-order valence-corrected chi connectivity index (χ4v) is 2.77. The fourth-order valence-electron chi connectivity index (χ4n) is 2.15. The molecular weight excluding hydrogens is 353 g/mol. The first-order valence-corrected chi connectivity index (χ1v) is 8.38. The molecule has 4 nitrogen and oxygen atoms in total. The third-order valence-corrected chi connectivity index (χ3v) is 4.43. The van der Waals surface area contributed by atoms with Crippen LogP contribution in [-0.2, 0) is 11.0 Å². The van der Waals surface area contributed by atoms with Gasteiger partial charge in [-0.15, -0.1) is 11.3 Å². The van der Waals surface area contributed by atoms with Gasteiger partial charge < -0.3 is 10.6 Å². The molecule has 0 saturated carbocycles. The molecule has 2 atom stereocenters. The average Bonchev–Trinajstić information content (AvgIpc) is 3.08. The Balaban J connectivity index is 1.98. The Morgan fingerprint density at radius 3 is 2.40 bits per heavy atom. The molecule has 2 unspecified atom stereocenters. The Morgan fingerprint density at radius 2 is 1.80 bits per heavy atom. The predicted molar refractivity (Wildman–Crippen MR) is 89.2 cm³/mol. The summed E-state index contributed by atoms with van der Waals surface area (Å²) in [6.07, 6.45) is -4.44. The van der Waals surface area contributed by atoms with Gasteiger partial charge in [-0.05, 0) is 43.0 Å². The summed E-state index contributed by atoms with van der Waals surface area (Å²) in [6.45, 7) is 3.10. The van der Waals surface area contributed by atoms with Gasteiger partial charge in [0, 0.05) is 0 Å². The van der Waals surface area contributed by atoms with Crippen molar-refractivity contribution in [1.82, 2.24) is 10.6 Å². The summed E-state index contributed by atoms with van der Waals surface area (Å²) in [7, 11) is 0. The molecule has 0 saturated heterocycles. The van der Waals surface area contributed by atoms with Crippen LogP contribution in [0.1, 0.15) is 40.7 Å². The Kier molecular flexibility index (Phi) is 5.84. The summed E-state index contributed by atoms with van der Waals surface area (Å²) in [6, 6.07) is 6.69. The highest BCUT2D eigenvalue weighted by molar-refractivity contribution is 7.12. The van der Waals surface area contributed by atoms with Crippen LogP contribution < -0.4 is 10.6 Å². The van der Waals surface area contributed by atoms with E-state index in [2.05, 4.69) is 10.6 Å². The molecule has 0 aliphatic heterocycles. The van der Waals surface area contributed by atoms with Gasteiger partial charge in [0.25, 0.3) is 5.91 Å².